The summed E-state index contributed by atoms with van der Waals surface area (Å²) in [5.41, 5.74) is 4.19. The summed E-state index contributed by atoms with van der Waals surface area (Å²) >= 11 is 0. The molecule has 28 heavy (non-hydrogen) atoms. The molecular formula is C23H22O5. The monoisotopic (exact) mass is 378 g/mol. The van der Waals surface area contributed by atoms with Crippen LogP contribution in [0.5, 0.6) is 11.5 Å². The normalized spacial score (nSPS) is 19.2. The van der Waals surface area contributed by atoms with Crippen LogP contribution in [0, 0.1) is 6.92 Å². The number of rotatable bonds is 4. The molecule has 0 radical (unpaired) electrons. The third kappa shape index (κ3) is 2.70. The van der Waals surface area contributed by atoms with Gasteiger partial charge in [-0.2, -0.15) is 0 Å². The van der Waals surface area contributed by atoms with Crippen LogP contribution in [0.15, 0.2) is 42.5 Å². The number of ether oxygens (including phenoxy) is 3. The Balaban J connectivity index is 2.05. The summed E-state index contributed by atoms with van der Waals surface area (Å²) in [5, 5.41) is 1.47. The number of methoxy groups -OCH3 is 1. The summed E-state index contributed by atoms with van der Waals surface area (Å²) in [6, 6.07) is 5.79. The maximum atomic E-state index is 12.1. The van der Waals surface area contributed by atoms with E-state index in [2.05, 4.69) is 19.6 Å². The van der Waals surface area contributed by atoms with Gasteiger partial charge in [0.2, 0.25) is 0 Å². The van der Waals surface area contributed by atoms with Gasteiger partial charge in [0, 0.05) is 39.8 Å². The molecular weight excluding hydrogens is 356 g/mol. The van der Waals surface area contributed by atoms with Crippen LogP contribution in [-0.2, 0) is 9.53 Å². The largest absolute Gasteiger partial charge is 0.513 e. The molecule has 5 nitrogen and oxygen atoms in total. The van der Waals surface area contributed by atoms with E-state index in [4.69, 9.17) is 14.2 Å². The lowest BCUT2D eigenvalue weighted by Gasteiger charge is -2.24. The molecule has 0 fully saturated rings. The molecule has 0 N–H and O–H groups in total. The summed E-state index contributed by atoms with van der Waals surface area (Å²) < 4.78 is 16.1. The minimum Gasteiger partial charge on any atom is -0.437 e. The van der Waals surface area contributed by atoms with Crippen LogP contribution in [-0.4, -0.2) is 19.2 Å². The van der Waals surface area contributed by atoms with E-state index < -0.39 is 12.1 Å². The summed E-state index contributed by atoms with van der Waals surface area (Å²) in [4.78, 5) is 24.1. The highest BCUT2D eigenvalue weighted by Crippen LogP contribution is 2.61. The predicted octanol–water partition coefficient (Wildman–Crippen LogP) is 5.31. The number of esters is 1. The summed E-state index contributed by atoms with van der Waals surface area (Å²) in [5.74, 6) is 0.816. The van der Waals surface area contributed by atoms with Crippen molar-refractivity contribution < 1.29 is 23.8 Å². The van der Waals surface area contributed by atoms with Crippen LogP contribution >= 0.6 is 0 Å². The van der Waals surface area contributed by atoms with Crippen LogP contribution in [0.4, 0.5) is 4.79 Å². The van der Waals surface area contributed by atoms with Crippen molar-refractivity contribution in [2.24, 2.45) is 0 Å². The fraction of sp³-hybridized carbons (Fsp3) is 0.304. The van der Waals surface area contributed by atoms with Crippen molar-refractivity contribution in [2.45, 2.75) is 38.5 Å². The molecule has 0 saturated heterocycles. The zero-order valence-corrected chi connectivity index (χ0v) is 16.2. The molecule has 2 unspecified atom stereocenters. The second kappa shape index (κ2) is 6.82. The highest BCUT2D eigenvalue weighted by Gasteiger charge is 2.43. The van der Waals surface area contributed by atoms with E-state index in [9.17, 15) is 9.59 Å². The fourth-order valence-electron chi connectivity index (χ4n) is 4.50. The number of hydrogen-bond donors (Lipinski definition) is 0. The first-order valence-corrected chi connectivity index (χ1v) is 9.39. The summed E-state index contributed by atoms with van der Waals surface area (Å²) in [6.45, 7) is 7.61. The quantitative estimate of drug-likeness (QED) is 0.237. The Labute approximate surface area is 163 Å². The number of benzene rings is 2. The summed E-state index contributed by atoms with van der Waals surface area (Å²) in [7, 11) is 1.29. The zero-order valence-electron chi connectivity index (χ0n) is 16.2. The Hall–Kier alpha value is -3.08. The highest BCUT2D eigenvalue weighted by molar-refractivity contribution is 6.01. The Morgan fingerprint density at radius 1 is 1.18 bits per heavy atom. The van der Waals surface area contributed by atoms with Gasteiger partial charge in [0.05, 0.1) is 7.11 Å². The van der Waals surface area contributed by atoms with Crippen molar-refractivity contribution in [3.05, 3.63) is 59.2 Å². The topological polar surface area (TPSA) is 61.8 Å². The van der Waals surface area contributed by atoms with Crippen molar-refractivity contribution in [1.29, 1.82) is 0 Å². The molecule has 0 spiro atoms. The number of allylic oxidation sites excluding steroid dienone is 2. The maximum absolute atomic E-state index is 12.1. The van der Waals surface area contributed by atoms with E-state index in [0.717, 1.165) is 46.4 Å². The Morgan fingerprint density at radius 3 is 2.61 bits per heavy atom. The molecule has 0 saturated carbocycles. The van der Waals surface area contributed by atoms with Gasteiger partial charge in [-0.15, -0.1) is 0 Å². The third-order valence-electron chi connectivity index (χ3n) is 5.65. The predicted molar refractivity (Wildman–Crippen MR) is 106 cm³/mol. The van der Waals surface area contributed by atoms with Gasteiger partial charge in [0.1, 0.15) is 11.5 Å². The Morgan fingerprint density at radius 2 is 1.93 bits per heavy atom. The molecule has 2 atom stereocenters. The minimum absolute atomic E-state index is 0.126. The van der Waals surface area contributed by atoms with Crippen LogP contribution in [0.25, 0.3) is 10.8 Å². The van der Waals surface area contributed by atoms with E-state index in [1.807, 2.05) is 25.1 Å². The Bertz CT molecular complexity index is 1050. The van der Waals surface area contributed by atoms with Gasteiger partial charge >= 0.3 is 12.1 Å². The first-order chi connectivity index (χ1) is 13.5. The van der Waals surface area contributed by atoms with Crippen LogP contribution in [0.3, 0.4) is 0 Å². The number of fused-ring (bicyclic) bond motifs is 6. The van der Waals surface area contributed by atoms with Gasteiger partial charge in [0.25, 0.3) is 0 Å². The van der Waals surface area contributed by atoms with Gasteiger partial charge in [-0.05, 0) is 25.8 Å². The molecule has 4 rings (SSSR count). The van der Waals surface area contributed by atoms with E-state index in [1.165, 1.54) is 12.7 Å². The first-order valence-electron chi connectivity index (χ1n) is 9.39. The Kier molecular flexibility index (Phi) is 4.46. The minimum atomic E-state index is -0.761. The number of carbonyl (C=O) groups is 2. The molecule has 2 bridgehead atoms. The SMILES string of the molecule is C=CC(=O)Oc1c2c(c(OC(=O)OC)c3cc(C)ccc13)C1C=C(CC)C2C1. The standard InChI is InChI=1S/C23H22O5/c1-5-13-10-14-11-16(13)20-19(14)22(28-23(25)26-4)17-9-12(3)7-8-15(17)21(20)27-18(24)6-2/h6-10,14,16H,2,5,11H2,1,3-4H3. The maximum Gasteiger partial charge on any atom is 0.513 e. The fourth-order valence-corrected chi connectivity index (χ4v) is 4.50. The van der Waals surface area contributed by atoms with Crippen LogP contribution < -0.4 is 9.47 Å². The van der Waals surface area contributed by atoms with Crippen molar-refractivity contribution in [3.63, 3.8) is 0 Å². The average Bonchev–Trinajstić information content (AvgIpc) is 3.28. The van der Waals surface area contributed by atoms with E-state index in [1.54, 1.807) is 0 Å². The molecule has 144 valence electrons. The second-order valence-corrected chi connectivity index (χ2v) is 7.21. The molecule has 0 heterocycles. The van der Waals surface area contributed by atoms with Crippen LogP contribution in [0.2, 0.25) is 0 Å². The highest BCUT2D eigenvalue weighted by atomic mass is 16.7. The second-order valence-electron chi connectivity index (χ2n) is 7.21. The number of carbonyl (C=O) groups excluding carboxylic acids is 2. The van der Waals surface area contributed by atoms with Gasteiger partial charge in [-0.1, -0.05) is 42.8 Å². The third-order valence-corrected chi connectivity index (χ3v) is 5.65. The zero-order chi connectivity index (χ0) is 20.0. The smallest absolute Gasteiger partial charge is 0.437 e. The lowest BCUT2D eigenvalue weighted by atomic mass is 9.85. The lowest BCUT2D eigenvalue weighted by molar-refractivity contribution is -0.128. The molecule has 2 aromatic rings. The first kappa shape index (κ1) is 18.3. The average molecular weight is 378 g/mol. The van der Waals surface area contributed by atoms with E-state index in [-0.39, 0.29) is 11.8 Å². The van der Waals surface area contributed by atoms with Gasteiger partial charge in [-0.3, -0.25) is 0 Å². The molecule has 2 aliphatic rings. The molecule has 0 aromatic heterocycles. The molecule has 2 aliphatic carbocycles. The molecule has 5 heteroatoms. The lowest BCUT2D eigenvalue weighted by Crippen LogP contribution is -2.14. The number of hydrogen-bond acceptors (Lipinski definition) is 5. The molecule has 0 amide bonds. The van der Waals surface area contributed by atoms with Crippen molar-refractivity contribution in [2.75, 3.05) is 7.11 Å². The van der Waals surface area contributed by atoms with Crippen molar-refractivity contribution in [3.8, 4) is 11.5 Å². The summed E-state index contributed by atoms with van der Waals surface area (Å²) in [6.07, 6.45) is 4.47. The van der Waals surface area contributed by atoms with Crippen molar-refractivity contribution >= 4 is 22.9 Å². The van der Waals surface area contributed by atoms with E-state index >= 15 is 0 Å². The van der Waals surface area contributed by atoms with Gasteiger partial charge in [0.15, 0.2) is 0 Å². The van der Waals surface area contributed by atoms with Gasteiger partial charge in [-0.25, -0.2) is 9.59 Å². The number of aryl methyl sites for hydroxylation is 1. The van der Waals surface area contributed by atoms with Crippen molar-refractivity contribution in [1.82, 2.24) is 0 Å². The van der Waals surface area contributed by atoms with Crippen LogP contribution in [0.1, 0.15) is 48.3 Å². The molecule has 2 aromatic carbocycles. The van der Waals surface area contributed by atoms with Gasteiger partial charge < -0.3 is 14.2 Å². The van der Waals surface area contributed by atoms with E-state index in [0.29, 0.717) is 11.5 Å². The molecule has 0 aliphatic heterocycles.